The molecule has 1 aliphatic rings. The van der Waals surface area contributed by atoms with Crippen LogP contribution >= 0.6 is 11.6 Å². The minimum Gasteiger partial charge on any atom is -0.465 e. The van der Waals surface area contributed by atoms with Crippen LogP contribution in [0.5, 0.6) is 0 Å². The topological polar surface area (TPSA) is 74.2 Å². The minimum absolute atomic E-state index is 0.578. The van der Waals surface area contributed by atoms with Crippen LogP contribution in [0.25, 0.3) is 10.9 Å². The fourth-order valence-corrected chi connectivity index (χ4v) is 4.84. The Morgan fingerprint density at radius 3 is 2.22 bits per heavy atom. The lowest BCUT2D eigenvalue weighted by Crippen LogP contribution is -2.21. The number of halogens is 1. The number of nitrogens with zero attached hydrogens (tertiary/aromatic N) is 1. The molecule has 0 saturated carbocycles. The van der Waals surface area contributed by atoms with Gasteiger partial charge in [0.1, 0.15) is 0 Å². The minimum atomic E-state index is -0.918. The lowest BCUT2D eigenvalue weighted by molar-refractivity contribution is 0.194. The molecule has 3 N–H and O–H groups in total. The van der Waals surface area contributed by atoms with Crippen LogP contribution in [0, 0.1) is 0 Å². The molecule has 0 radical (unpaired) electrons. The Morgan fingerprint density at radius 2 is 1.53 bits per heavy atom. The van der Waals surface area contributed by atoms with E-state index in [0.29, 0.717) is 6.54 Å². The maximum atomic E-state index is 10.4. The van der Waals surface area contributed by atoms with Crippen molar-refractivity contribution in [3.63, 3.8) is 0 Å². The number of nitrogens with one attached hydrogen (secondary N) is 2. The standard InChI is InChI=1S/C26H38ClN3O2/c27-20-15-16-24-22(19-20)25(21-13-9-10-14-23(21)30-24)28-17-11-7-5-3-1-2-4-6-8-12-18-29-26(31)32/h15-16,19,29H,1-14,17-18H2,(H,28,30)(H,31,32). The number of carboxylic acid groups (broad SMARTS) is 1. The highest BCUT2D eigenvalue weighted by Crippen LogP contribution is 2.34. The number of anilines is 1. The third-order valence-electron chi connectivity index (χ3n) is 6.41. The molecule has 1 aliphatic carbocycles. The van der Waals surface area contributed by atoms with Crippen molar-refractivity contribution in [3.8, 4) is 0 Å². The van der Waals surface area contributed by atoms with Gasteiger partial charge < -0.3 is 15.7 Å². The first-order valence-electron chi connectivity index (χ1n) is 12.5. The molecule has 0 spiro atoms. The number of amides is 1. The van der Waals surface area contributed by atoms with Crippen LogP contribution in [0.15, 0.2) is 18.2 Å². The molecule has 3 rings (SSSR count). The van der Waals surface area contributed by atoms with Gasteiger partial charge in [-0.2, -0.15) is 0 Å². The molecule has 1 amide bonds. The molecule has 0 fully saturated rings. The summed E-state index contributed by atoms with van der Waals surface area (Å²) in [5.41, 5.74) is 5.00. The van der Waals surface area contributed by atoms with E-state index >= 15 is 0 Å². The van der Waals surface area contributed by atoms with Crippen molar-refractivity contribution in [2.45, 2.75) is 89.9 Å². The summed E-state index contributed by atoms with van der Waals surface area (Å²) in [4.78, 5) is 15.3. The molecule has 6 heteroatoms. The largest absolute Gasteiger partial charge is 0.465 e. The zero-order valence-corrected chi connectivity index (χ0v) is 20.0. The van der Waals surface area contributed by atoms with E-state index in [1.807, 2.05) is 12.1 Å². The van der Waals surface area contributed by atoms with E-state index in [1.54, 1.807) is 0 Å². The van der Waals surface area contributed by atoms with E-state index in [0.717, 1.165) is 48.2 Å². The summed E-state index contributed by atoms with van der Waals surface area (Å²) in [7, 11) is 0. The fourth-order valence-electron chi connectivity index (χ4n) is 4.67. The first kappa shape index (κ1) is 24.6. The highest BCUT2D eigenvalue weighted by atomic mass is 35.5. The Labute approximate surface area is 197 Å². The van der Waals surface area contributed by atoms with Gasteiger partial charge in [0.05, 0.1) is 5.52 Å². The zero-order valence-electron chi connectivity index (χ0n) is 19.2. The van der Waals surface area contributed by atoms with Gasteiger partial charge in [-0.05, 0) is 62.3 Å². The molecular formula is C26H38ClN3O2. The van der Waals surface area contributed by atoms with Crippen molar-refractivity contribution in [2.75, 3.05) is 18.4 Å². The summed E-state index contributed by atoms with van der Waals surface area (Å²) in [6.07, 6.45) is 16.0. The lowest BCUT2D eigenvalue weighted by atomic mass is 9.92. The average molecular weight is 460 g/mol. The predicted octanol–water partition coefficient (Wildman–Crippen LogP) is 7.35. The Balaban J connectivity index is 1.31. The second-order valence-corrected chi connectivity index (χ2v) is 9.41. The number of fused-ring (bicyclic) bond motifs is 2. The summed E-state index contributed by atoms with van der Waals surface area (Å²) in [6.45, 7) is 1.58. The Morgan fingerprint density at radius 1 is 0.906 bits per heavy atom. The van der Waals surface area contributed by atoms with Crippen molar-refractivity contribution >= 4 is 34.3 Å². The quantitative estimate of drug-likeness (QED) is 0.258. The smallest absolute Gasteiger partial charge is 0.404 e. The number of hydrogen-bond donors (Lipinski definition) is 3. The van der Waals surface area contributed by atoms with E-state index in [-0.39, 0.29) is 0 Å². The van der Waals surface area contributed by atoms with E-state index in [2.05, 4.69) is 16.7 Å². The molecule has 0 saturated heterocycles. The molecule has 0 aliphatic heterocycles. The van der Waals surface area contributed by atoms with Gasteiger partial charge in [-0.25, -0.2) is 4.79 Å². The summed E-state index contributed by atoms with van der Waals surface area (Å²) >= 11 is 6.29. The summed E-state index contributed by atoms with van der Waals surface area (Å²) in [5, 5.41) is 16.6. The highest BCUT2D eigenvalue weighted by molar-refractivity contribution is 6.31. The number of hydrogen-bond acceptors (Lipinski definition) is 3. The van der Waals surface area contributed by atoms with Crippen molar-refractivity contribution < 1.29 is 9.90 Å². The van der Waals surface area contributed by atoms with E-state index in [1.165, 1.54) is 81.2 Å². The molecule has 1 aromatic heterocycles. The molecule has 32 heavy (non-hydrogen) atoms. The van der Waals surface area contributed by atoms with Crippen LogP contribution in [0.4, 0.5) is 10.5 Å². The van der Waals surface area contributed by atoms with E-state index in [9.17, 15) is 4.79 Å². The van der Waals surface area contributed by atoms with Crippen molar-refractivity contribution in [2.24, 2.45) is 0 Å². The van der Waals surface area contributed by atoms with Gasteiger partial charge in [0.15, 0.2) is 0 Å². The van der Waals surface area contributed by atoms with Gasteiger partial charge in [-0.1, -0.05) is 63.0 Å². The number of aromatic nitrogens is 1. The molecule has 1 heterocycles. The Kier molecular flexibility index (Phi) is 10.4. The fraction of sp³-hybridized carbons (Fsp3) is 0.615. The summed E-state index contributed by atoms with van der Waals surface area (Å²) in [5.74, 6) is 0. The lowest BCUT2D eigenvalue weighted by Gasteiger charge is -2.22. The summed E-state index contributed by atoms with van der Waals surface area (Å²) in [6, 6.07) is 6.04. The maximum absolute atomic E-state index is 10.4. The van der Waals surface area contributed by atoms with Gasteiger partial charge in [0, 0.05) is 34.9 Å². The summed E-state index contributed by atoms with van der Waals surface area (Å²) < 4.78 is 0. The number of benzene rings is 1. The normalized spacial score (nSPS) is 13.2. The Hall–Kier alpha value is -2.01. The van der Waals surface area contributed by atoms with Crippen LogP contribution in [0.3, 0.4) is 0 Å². The van der Waals surface area contributed by atoms with Gasteiger partial charge in [0.25, 0.3) is 0 Å². The van der Waals surface area contributed by atoms with Crippen LogP contribution in [-0.4, -0.2) is 29.3 Å². The SMILES string of the molecule is O=C(O)NCCCCCCCCCCCCNc1c2c(nc3ccc(Cl)cc13)CCCC2. The van der Waals surface area contributed by atoms with Crippen molar-refractivity contribution in [1.82, 2.24) is 10.3 Å². The van der Waals surface area contributed by atoms with Gasteiger partial charge >= 0.3 is 6.09 Å². The van der Waals surface area contributed by atoms with Crippen LogP contribution in [-0.2, 0) is 12.8 Å². The van der Waals surface area contributed by atoms with Gasteiger partial charge in [-0.3, -0.25) is 4.98 Å². The number of carbonyl (C=O) groups is 1. The van der Waals surface area contributed by atoms with Crippen LogP contribution < -0.4 is 10.6 Å². The average Bonchev–Trinajstić information content (AvgIpc) is 2.78. The third-order valence-corrected chi connectivity index (χ3v) is 6.64. The van der Waals surface area contributed by atoms with Gasteiger partial charge in [0.2, 0.25) is 0 Å². The van der Waals surface area contributed by atoms with Crippen LogP contribution in [0.2, 0.25) is 5.02 Å². The number of unbranched alkanes of at least 4 members (excludes halogenated alkanes) is 9. The molecule has 5 nitrogen and oxygen atoms in total. The van der Waals surface area contributed by atoms with E-state index < -0.39 is 6.09 Å². The third kappa shape index (κ3) is 7.84. The second-order valence-electron chi connectivity index (χ2n) is 8.97. The maximum Gasteiger partial charge on any atom is 0.404 e. The first-order chi connectivity index (χ1) is 15.6. The molecule has 176 valence electrons. The molecule has 1 aromatic carbocycles. The van der Waals surface area contributed by atoms with E-state index in [4.69, 9.17) is 21.7 Å². The zero-order chi connectivity index (χ0) is 22.6. The van der Waals surface area contributed by atoms with Gasteiger partial charge in [-0.15, -0.1) is 0 Å². The van der Waals surface area contributed by atoms with Crippen molar-refractivity contribution in [1.29, 1.82) is 0 Å². The molecule has 0 bridgehead atoms. The number of aryl methyl sites for hydroxylation is 1. The molecule has 0 unspecified atom stereocenters. The first-order valence-corrected chi connectivity index (χ1v) is 12.8. The number of pyridine rings is 1. The molecule has 0 atom stereocenters. The molecule has 2 aromatic rings. The number of rotatable bonds is 14. The second kappa shape index (κ2) is 13.5. The van der Waals surface area contributed by atoms with Crippen molar-refractivity contribution in [3.05, 3.63) is 34.5 Å². The predicted molar refractivity (Wildman–Crippen MR) is 134 cm³/mol. The van der Waals surface area contributed by atoms with Crippen LogP contribution in [0.1, 0.15) is 88.3 Å². The molecular weight excluding hydrogens is 422 g/mol. The Bertz CT molecular complexity index is 872. The monoisotopic (exact) mass is 459 g/mol. The highest BCUT2D eigenvalue weighted by Gasteiger charge is 2.18.